The average Bonchev–Trinajstić information content (AvgIpc) is 3.58. The van der Waals surface area contributed by atoms with Crippen molar-refractivity contribution in [3.63, 3.8) is 0 Å². The van der Waals surface area contributed by atoms with E-state index in [0.29, 0.717) is 25.1 Å². The SMILES string of the molecule is Cl.O=C(NCCN1CCN(c2nc3ccccc3s2)CC1)c1ccc(S(=O)(=O)N2CCc3ccccc32)cc1. The second-order valence-corrected chi connectivity index (χ2v) is 12.4. The van der Waals surface area contributed by atoms with Crippen LogP contribution in [0.15, 0.2) is 77.7 Å². The Kier molecular flexibility index (Phi) is 8.08. The van der Waals surface area contributed by atoms with E-state index in [4.69, 9.17) is 4.98 Å². The van der Waals surface area contributed by atoms with Crippen LogP contribution < -0.4 is 14.5 Å². The molecule has 0 bridgehead atoms. The van der Waals surface area contributed by atoms with Gasteiger partial charge in [0.25, 0.3) is 15.9 Å². The van der Waals surface area contributed by atoms with Crippen LogP contribution in [-0.2, 0) is 16.4 Å². The van der Waals surface area contributed by atoms with Gasteiger partial charge in [-0.05, 0) is 54.4 Å². The topological polar surface area (TPSA) is 85.9 Å². The minimum absolute atomic E-state index is 0. The van der Waals surface area contributed by atoms with Crippen molar-refractivity contribution in [2.24, 2.45) is 0 Å². The fourth-order valence-corrected chi connectivity index (χ4v) is 7.57. The number of carbonyl (C=O) groups excluding carboxylic acids is 1. The van der Waals surface area contributed by atoms with Crippen molar-refractivity contribution in [3.8, 4) is 0 Å². The number of halogens is 1. The molecule has 3 heterocycles. The van der Waals surface area contributed by atoms with E-state index in [1.165, 1.54) is 21.1 Å². The van der Waals surface area contributed by atoms with E-state index < -0.39 is 10.0 Å². The molecule has 1 amide bonds. The maximum absolute atomic E-state index is 13.2. The number of amides is 1. The van der Waals surface area contributed by atoms with E-state index in [1.807, 2.05) is 42.5 Å². The number of piperazine rings is 1. The lowest BCUT2D eigenvalue weighted by molar-refractivity contribution is 0.0947. The van der Waals surface area contributed by atoms with E-state index in [0.717, 1.165) is 54.6 Å². The molecule has 3 aromatic carbocycles. The normalized spacial score (nSPS) is 15.7. The summed E-state index contributed by atoms with van der Waals surface area (Å²) in [5.41, 5.74) is 3.26. The van der Waals surface area contributed by atoms with E-state index >= 15 is 0 Å². The molecule has 1 saturated heterocycles. The van der Waals surface area contributed by atoms with Gasteiger partial charge >= 0.3 is 0 Å². The molecule has 1 aromatic heterocycles. The maximum atomic E-state index is 13.2. The van der Waals surface area contributed by atoms with Crippen molar-refractivity contribution in [2.45, 2.75) is 11.3 Å². The molecular weight excluding hydrogens is 554 g/mol. The first-order chi connectivity index (χ1) is 18.5. The molecule has 0 unspecified atom stereocenters. The number of anilines is 2. The van der Waals surface area contributed by atoms with Gasteiger partial charge in [0, 0.05) is 51.4 Å². The lowest BCUT2D eigenvalue weighted by Crippen LogP contribution is -2.48. The molecule has 1 N–H and O–H groups in total. The average molecular weight is 584 g/mol. The number of sulfonamides is 1. The summed E-state index contributed by atoms with van der Waals surface area (Å²) < 4.78 is 29.1. The molecule has 1 fully saturated rings. The van der Waals surface area contributed by atoms with E-state index in [-0.39, 0.29) is 23.2 Å². The predicted octanol–water partition coefficient (Wildman–Crippen LogP) is 4.02. The smallest absolute Gasteiger partial charge is 0.264 e. The van der Waals surface area contributed by atoms with Gasteiger partial charge in [0.05, 0.1) is 20.8 Å². The maximum Gasteiger partial charge on any atom is 0.264 e. The first-order valence-electron chi connectivity index (χ1n) is 12.8. The molecule has 39 heavy (non-hydrogen) atoms. The Morgan fingerprint density at radius 3 is 2.38 bits per heavy atom. The molecule has 6 rings (SSSR count). The van der Waals surface area contributed by atoms with Crippen molar-refractivity contribution in [1.82, 2.24) is 15.2 Å². The van der Waals surface area contributed by atoms with E-state index in [2.05, 4.69) is 21.2 Å². The van der Waals surface area contributed by atoms with Gasteiger partial charge in [0.2, 0.25) is 0 Å². The molecule has 204 valence electrons. The number of fused-ring (bicyclic) bond motifs is 2. The number of aromatic nitrogens is 1. The minimum Gasteiger partial charge on any atom is -0.351 e. The third-order valence-electron chi connectivity index (χ3n) is 7.19. The summed E-state index contributed by atoms with van der Waals surface area (Å²) in [7, 11) is -3.67. The molecule has 0 aliphatic carbocycles. The van der Waals surface area contributed by atoms with Crippen molar-refractivity contribution >= 4 is 60.7 Å². The van der Waals surface area contributed by atoms with Crippen molar-refractivity contribution < 1.29 is 13.2 Å². The fraction of sp³-hybridized carbons (Fsp3) is 0.286. The number of para-hydroxylation sites is 2. The monoisotopic (exact) mass is 583 g/mol. The summed E-state index contributed by atoms with van der Waals surface area (Å²) >= 11 is 1.73. The van der Waals surface area contributed by atoms with Crippen LogP contribution in [-0.4, -0.2) is 70.0 Å². The summed E-state index contributed by atoms with van der Waals surface area (Å²) in [4.78, 5) is 22.3. The van der Waals surface area contributed by atoms with E-state index in [1.54, 1.807) is 23.5 Å². The molecule has 4 aromatic rings. The highest BCUT2D eigenvalue weighted by Gasteiger charge is 2.30. The quantitative estimate of drug-likeness (QED) is 0.354. The van der Waals surface area contributed by atoms with Gasteiger partial charge in [-0.3, -0.25) is 14.0 Å². The predicted molar refractivity (Wildman–Crippen MR) is 159 cm³/mol. The zero-order chi connectivity index (χ0) is 26.1. The summed E-state index contributed by atoms with van der Waals surface area (Å²) in [6.07, 6.45) is 0.701. The summed E-state index contributed by atoms with van der Waals surface area (Å²) in [5, 5.41) is 4.04. The lowest BCUT2D eigenvalue weighted by atomic mass is 10.2. The van der Waals surface area contributed by atoms with Gasteiger partial charge in [0.1, 0.15) is 0 Å². The largest absolute Gasteiger partial charge is 0.351 e. The first-order valence-corrected chi connectivity index (χ1v) is 15.1. The molecule has 0 atom stereocenters. The van der Waals surface area contributed by atoms with Crippen LogP contribution in [0.1, 0.15) is 15.9 Å². The van der Waals surface area contributed by atoms with Crippen molar-refractivity contribution in [3.05, 3.63) is 83.9 Å². The van der Waals surface area contributed by atoms with Crippen LogP contribution in [0.3, 0.4) is 0 Å². The molecule has 2 aliphatic heterocycles. The molecule has 2 aliphatic rings. The van der Waals surface area contributed by atoms with Gasteiger partial charge in [-0.25, -0.2) is 13.4 Å². The summed E-state index contributed by atoms with van der Waals surface area (Å²) in [6.45, 7) is 5.37. The Bertz CT molecular complexity index is 1530. The first kappa shape index (κ1) is 27.4. The molecule has 8 nitrogen and oxygen atoms in total. The third-order valence-corrected chi connectivity index (χ3v) is 10.1. The van der Waals surface area contributed by atoms with Crippen LogP contribution in [0.5, 0.6) is 0 Å². The highest BCUT2D eigenvalue weighted by molar-refractivity contribution is 7.92. The zero-order valence-corrected chi connectivity index (χ0v) is 23.8. The number of hydrogen-bond donors (Lipinski definition) is 1. The Morgan fingerprint density at radius 1 is 0.897 bits per heavy atom. The number of nitrogens with one attached hydrogen (secondary N) is 1. The van der Waals surface area contributed by atoms with Gasteiger partial charge in [-0.2, -0.15) is 0 Å². The zero-order valence-electron chi connectivity index (χ0n) is 21.3. The van der Waals surface area contributed by atoms with E-state index in [9.17, 15) is 13.2 Å². The Hall–Kier alpha value is -3.18. The molecule has 0 saturated carbocycles. The lowest BCUT2D eigenvalue weighted by Gasteiger charge is -2.34. The second-order valence-electron chi connectivity index (χ2n) is 9.53. The van der Waals surface area contributed by atoms with Crippen LogP contribution >= 0.6 is 23.7 Å². The highest BCUT2D eigenvalue weighted by atomic mass is 35.5. The van der Waals surface area contributed by atoms with Crippen LogP contribution in [0, 0.1) is 0 Å². The summed E-state index contributed by atoms with van der Waals surface area (Å²) in [6, 6.07) is 22.0. The van der Waals surface area contributed by atoms with Crippen molar-refractivity contribution in [1.29, 1.82) is 0 Å². The third kappa shape index (κ3) is 5.60. The Morgan fingerprint density at radius 2 is 1.62 bits per heavy atom. The summed E-state index contributed by atoms with van der Waals surface area (Å²) in [5.74, 6) is -0.200. The Balaban J connectivity index is 0.00000308. The second kappa shape index (κ2) is 11.5. The minimum atomic E-state index is -3.67. The van der Waals surface area contributed by atoms with Gasteiger partial charge in [-0.15, -0.1) is 12.4 Å². The van der Waals surface area contributed by atoms with Crippen LogP contribution in [0.2, 0.25) is 0 Å². The number of nitrogens with zero attached hydrogens (tertiary/aromatic N) is 4. The van der Waals surface area contributed by atoms with Gasteiger partial charge in [0.15, 0.2) is 5.13 Å². The van der Waals surface area contributed by atoms with Crippen LogP contribution in [0.25, 0.3) is 10.2 Å². The number of thiazole rings is 1. The van der Waals surface area contributed by atoms with Gasteiger partial charge in [-0.1, -0.05) is 41.7 Å². The number of rotatable bonds is 7. The molecule has 11 heteroatoms. The number of carbonyl (C=O) groups is 1. The standard InChI is InChI=1S/C28H29N5O3S2.ClH/c34-27(22-9-11-23(12-10-22)38(35,36)33-15-13-21-5-1-3-7-25(21)33)29-14-16-31-17-19-32(20-18-31)28-30-24-6-2-4-8-26(24)37-28;/h1-12H,13-20H2,(H,29,34);1H. The van der Waals surface area contributed by atoms with Gasteiger partial charge < -0.3 is 10.2 Å². The number of hydrogen-bond acceptors (Lipinski definition) is 7. The molecule has 0 spiro atoms. The fourth-order valence-electron chi connectivity index (χ4n) is 5.05. The van der Waals surface area contributed by atoms with Crippen LogP contribution in [0.4, 0.5) is 10.8 Å². The van der Waals surface area contributed by atoms with Crippen molar-refractivity contribution in [2.75, 3.05) is 55.0 Å². The molecule has 0 radical (unpaired) electrons. The Labute approximate surface area is 238 Å². The molecular formula is C28H30ClN5O3S2. The number of benzene rings is 3. The highest BCUT2D eigenvalue weighted by Crippen LogP contribution is 2.33.